The summed E-state index contributed by atoms with van der Waals surface area (Å²) in [5.41, 5.74) is 3.68. The number of ether oxygens (including phenoxy) is 1. The average Bonchev–Trinajstić information content (AvgIpc) is 2.72. The van der Waals surface area contributed by atoms with Crippen LogP contribution in [0.5, 0.6) is 5.75 Å². The number of amides is 1. The van der Waals surface area contributed by atoms with E-state index in [1.165, 1.54) is 12.1 Å². The highest BCUT2D eigenvalue weighted by Gasteiger charge is 2.29. The van der Waals surface area contributed by atoms with Gasteiger partial charge in [-0.1, -0.05) is 29.8 Å². The van der Waals surface area contributed by atoms with Crippen molar-refractivity contribution in [1.82, 2.24) is 4.90 Å². The predicted octanol–water partition coefficient (Wildman–Crippen LogP) is 4.76. The number of aryl methyl sites for hydroxylation is 1. The number of fused-ring (bicyclic) bond motifs is 1. The Morgan fingerprint density at radius 1 is 1.00 bits per heavy atom. The minimum absolute atomic E-state index is 0.00594. The molecule has 0 radical (unpaired) electrons. The fourth-order valence-electron chi connectivity index (χ4n) is 3.34. The van der Waals surface area contributed by atoms with Crippen LogP contribution in [-0.4, -0.2) is 30.6 Å². The van der Waals surface area contributed by atoms with Gasteiger partial charge >= 0.3 is 0 Å². The molecule has 1 amide bonds. The van der Waals surface area contributed by atoms with Gasteiger partial charge in [0.25, 0.3) is 5.91 Å². The van der Waals surface area contributed by atoms with Crippen LogP contribution in [0.25, 0.3) is 0 Å². The zero-order valence-corrected chi connectivity index (χ0v) is 15.6. The molecule has 4 rings (SSSR count). The fraction of sp³-hybridized carbons (Fsp3) is 0.174. The van der Waals surface area contributed by atoms with Crippen LogP contribution in [0, 0.1) is 12.7 Å². The third kappa shape index (κ3) is 3.69. The number of halogens is 1. The van der Waals surface area contributed by atoms with E-state index in [9.17, 15) is 9.18 Å². The summed E-state index contributed by atoms with van der Waals surface area (Å²) >= 11 is 0. The minimum Gasteiger partial charge on any atom is -0.492 e. The third-order valence-electron chi connectivity index (χ3n) is 4.78. The van der Waals surface area contributed by atoms with Gasteiger partial charge in [0.2, 0.25) is 0 Å². The zero-order chi connectivity index (χ0) is 19.5. The molecule has 0 N–H and O–H groups in total. The molecule has 0 spiro atoms. The average molecular weight is 376 g/mol. The normalized spacial score (nSPS) is 13.4. The summed E-state index contributed by atoms with van der Waals surface area (Å²) in [5.74, 6) is 0.277. The van der Waals surface area contributed by atoms with Gasteiger partial charge in [0, 0.05) is 5.69 Å². The largest absolute Gasteiger partial charge is 0.492 e. The lowest BCUT2D eigenvalue weighted by Crippen LogP contribution is -2.46. The van der Waals surface area contributed by atoms with Gasteiger partial charge in [-0.25, -0.2) is 4.39 Å². The van der Waals surface area contributed by atoms with E-state index >= 15 is 0 Å². The molecular formula is C23H21FN2O2. The predicted molar refractivity (Wildman–Crippen MR) is 108 cm³/mol. The molecule has 0 bridgehead atoms. The van der Waals surface area contributed by atoms with Gasteiger partial charge in [0.1, 0.15) is 18.2 Å². The molecule has 0 aromatic heterocycles. The maximum absolute atomic E-state index is 13.0. The van der Waals surface area contributed by atoms with Crippen LogP contribution in [0.1, 0.15) is 15.9 Å². The van der Waals surface area contributed by atoms with Crippen LogP contribution in [0.15, 0.2) is 72.8 Å². The van der Waals surface area contributed by atoms with E-state index in [4.69, 9.17) is 4.74 Å². The molecule has 3 aromatic carbocycles. The Balaban J connectivity index is 1.55. The Morgan fingerprint density at radius 3 is 2.50 bits per heavy atom. The van der Waals surface area contributed by atoms with Crippen LogP contribution < -0.4 is 9.64 Å². The summed E-state index contributed by atoms with van der Waals surface area (Å²) in [6.45, 7) is 3.21. The lowest BCUT2D eigenvalue weighted by molar-refractivity contribution is 0.0721. The smallest absolute Gasteiger partial charge is 0.257 e. The molecule has 0 aliphatic carbocycles. The van der Waals surface area contributed by atoms with Crippen molar-refractivity contribution < 1.29 is 13.9 Å². The van der Waals surface area contributed by atoms with Crippen LogP contribution in [-0.2, 0) is 0 Å². The molecule has 1 aliphatic rings. The van der Waals surface area contributed by atoms with Crippen molar-refractivity contribution in [3.05, 3.63) is 89.7 Å². The molecule has 28 heavy (non-hydrogen) atoms. The molecule has 4 nitrogen and oxygen atoms in total. The number of hydrogen-bond acceptors (Lipinski definition) is 3. The molecule has 0 saturated carbocycles. The topological polar surface area (TPSA) is 32.8 Å². The molecule has 0 unspecified atom stereocenters. The second-order valence-electron chi connectivity index (χ2n) is 6.80. The van der Waals surface area contributed by atoms with Gasteiger partial charge in [-0.3, -0.25) is 4.79 Å². The first-order chi connectivity index (χ1) is 13.6. The molecule has 1 aliphatic heterocycles. The third-order valence-corrected chi connectivity index (χ3v) is 4.78. The van der Waals surface area contributed by atoms with Gasteiger partial charge in [-0.2, -0.15) is 0 Å². The van der Waals surface area contributed by atoms with E-state index < -0.39 is 0 Å². The Morgan fingerprint density at radius 2 is 1.75 bits per heavy atom. The van der Waals surface area contributed by atoms with Gasteiger partial charge < -0.3 is 14.5 Å². The number of para-hydroxylation sites is 1. The minimum atomic E-state index is -0.302. The SMILES string of the molecule is Cc1ccc2c(c1)C(=O)N(CCOc1ccc(F)cc1)CN2c1ccccc1. The van der Waals surface area contributed by atoms with Crippen LogP contribution in [0.2, 0.25) is 0 Å². The first-order valence-corrected chi connectivity index (χ1v) is 9.23. The highest BCUT2D eigenvalue weighted by Crippen LogP contribution is 2.34. The van der Waals surface area contributed by atoms with Crippen molar-refractivity contribution in [2.75, 3.05) is 24.7 Å². The maximum atomic E-state index is 13.0. The summed E-state index contributed by atoms with van der Waals surface area (Å²) in [6.07, 6.45) is 0. The molecular weight excluding hydrogens is 355 g/mol. The lowest BCUT2D eigenvalue weighted by atomic mass is 10.0. The van der Waals surface area contributed by atoms with Crippen molar-refractivity contribution >= 4 is 17.3 Å². The first kappa shape index (κ1) is 18.0. The quantitative estimate of drug-likeness (QED) is 0.643. The molecule has 0 atom stereocenters. The van der Waals surface area contributed by atoms with Crippen molar-refractivity contribution in [1.29, 1.82) is 0 Å². The number of nitrogens with zero attached hydrogens (tertiary/aromatic N) is 2. The molecule has 0 saturated heterocycles. The Kier molecular flexibility index (Phi) is 4.98. The number of rotatable bonds is 5. The van der Waals surface area contributed by atoms with E-state index in [2.05, 4.69) is 4.90 Å². The van der Waals surface area contributed by atoms with Gasteiger partial charge in [-0.15, -0.1) is 0 Å². The number of anilines is 2. The summed E-state index contributed by atoms with van der Waals surface area (Å²) < 4.78 is 18.7. The monoisotopic (exact) mass is 376 g/mol. The molecule has 5 heteroatoms. The van der Waals surface area contributed by atoms with E-state index in [0.717, 1.165) is 16.9 Å². The Labute approximate surface area is 163 Å². The Hall–Kier alpha value is -3.34. The fourth-order valence-corrected chi connectivity index (χ4v) is 3.34. The number of hydrogen-bond donors (Lipinski definition) is 0. The summed E-state index contributed by atoms with van der Waals surface area (Å²) in [7, 11) is 0. The van der Waals surface area contributed by atoms with Crippen molar-refractivity contribution in [2.24, 2.45) is 0 Å². The van der Waals surface area contributed by atoms with E-state index in [1.807, 2.05) is 55.5 Å². The summed E-state index contributed by atoms with van der Waals surface area (Å²) in [4.78, 5) is 16.9. The second kappa shape index (κ2) is 7.72. The summed E-state index contributed by atoms with van der Waals surface area (Å²) in [6, 6.07) is 21.9. The van der Waals surface area contributed by atoms with Gasteiger partial charge in [0.15, 0.2) is 0 Å². The van der Waals surface area contributed by atoms with Gasteiger partial charge in [0.05, 0.1) is 24.5 Å². The number of carbonyl (C=O) groups excluding carboxylic acids is 1. The van der Waals surface area contributed by atoms with Crippen molar-refractivity contribution in [3.8, 4) is 5.75 Å². The summed E-state index contributed by atoms with van der Waals surface area (Å²) in [5, 5.41) is 0. The Bertz CT molecular complexity index is 974. The van der Waals surface area contributed by atoms with Crippen molar-refractivity contribution in [3.63, 3.8) is 0 Å². The van der Waals surface area contributed by atoms with Crippen LogP contribution in [0.4, 0.5) is 15.8 Å². The number of benzene rings is 3. The second-order valence-corrected chi connectivity index (χ2v) is 6.80. The van der Waals surface area contributed by atoms with E-state index in [0.29, 0.717) is 31.1 Å². The molecule has 1 heterocycles. The van der Waals surface area contributed by atoms with Crippen molar-refractivity contribution in [2.45, 2.75) is 6.92 Å². The lowest BCUT2D eigenvalue weighted by Gasteiger charge is -2.38. The van der Waals surface area contributed by atoms with E-state index in [-0.39, 0.29) is 11.7 Å². The highest BCUT2D eigenvalue weighted by molar-refractivity contribution is 6.03. The van der Waals surface area contributed by atoms with Gasteiger partial charge in [-0.05, 0) is 55.5 Å². The first-order valence-electron chi connectivity index (χ1n) is 9.23. The highest BCUT2D eigenvalue weighted by atomic mass is 19.1. The standard InChI is InChI=1S/C23H21FN2O2/c1-17-7-12-22-21(15-17)23(27)25(16-26(22)19-5-3-2-4-6-19)13-14-28-20-10-8-18(24)9-11-20/h2-12,15H,13-14,16H2,1H3. The van der Waals surface area contributed by atoms with E-state index in [1.54, 1.807) is 17.0 Å². The molecule has 3 aromatic rings. The number of carbonyl (C=O) groups is 1. The maximum Gasteiger partial charge on any atom is 0.257 e. The molecule has 142 valence electrons. The zero-order valence-electron chi connectivity index (χ0n) is 15.6. The van der Waals surface area contributed by atoms with Crippen LogP contribution >= 0.6 is 0 Å². The van der Waals surface area contributed by atoms with Crippen LogP contribution in [0.3, 0.4) is 0 Å². The molecule has 0 fully saturated rings.